The van der Waals surface area contributed by atoms with Crippen molar-refractivity contribution in [2.24, 2.45) is 0 Å². The van der Waals surface area contributed by atoms with Gasteiger partial charge in [0.15, 0.2) is 6.10 Å². The third-order valence-electron chi connectivity index (χ3n) is 12.4. The van der Waals surface area contributed by atoms with Gasteiger partial charge >= 0.3 is 19.8 Å². The van der Waals surface area contributed by atoms with Crippen LogP contribution in [0.4, 0.5) is 0 Å². The van der Waals surface area contributed by atoms with E-state index < -0.39 is 26.5 Å². The molecule has 0 heterocycles. The number of carbonyl (C=O) groups is 2. The van der Waals surface area contributed by atoms with Crippen LogP contribution in [0.3, 0.4) is 0 Å². The monoisotopic (exact) mass is 979 g/mol. The molecule has 0 aromatic rings. The van der Waals surface area contributed by atoms with Crippen LogP contribution in [-0.4, -0.2) is 74.9 Å². The zero-order valence-corrected chi connectivity index (χ0v) is 46.0. The van der Waals surface area contributed by atoms with Gasteiger partial charge in [0.2, 0.25) is 0 Å². The highest BCUT2D eigenvalue weighted by atomic mass is 31.2. The minimum absolute atomic E-state index is 0.0341. The van der Waals surface area contributed by atoms with E-state index in [0.29, 0.717) is 23.9 Å². The Hall–Kier alpha value is -2.03. The van der Waals surface area contributed by atoms with Crippen molar-refractivity contribution in [2.75, 3.05) is 47.5 Å². The average molecular weight is 979 g/mol. The fourth-order valence-electron chi connectivity index (χ4n) is 8.01. The molecule has 0 aromatic heterocycles. The van der Waals surface area contributed by atoms with Gasteiger partial charge in [-0.3, -0.25) is 18.6 Å². The lowest BCUT2D eigenvalue weighted by Gasteiger charge is -2.24. The number of unbranched alkanes of at least 4 members (excludes halogenated alkanes) is 30. The summed E-state index contributed by atoms with van der Waals surface area (Å²) >= 11 is 0. The number of hydrogen-bond acceptors (Lipinski definition) is 7. The molecule has 0 spiro atoms. The molecule has 0 fully saturated rings. The van der Waals surface area contributed by atoms with Crippen molar-refractivity contribution in [1.82, 2.24) is 0 Å². The smallest absolute Gasteiger partial charge is 0.462 e. The first-order valence-corrected chi connectivity index (χ1v) is 29.9. The number of allylic oxidation sites excluding steroid dienone is 8. The molecule has 0 bridgehead atoms. The standard InChI is InChI=1S/C58H108NO8P/c1-6-8-10-12-14-16-17-18-19-20-21-22-23-24-25-26-27-28-29-30-31-32-33-34-35-36-37-38-39-40-41-43-45-47-49-51-58(61)67-56(55-66-68(62,63)65-53-52-59(3,4)5)54-64-57(60)50-48-46-44-42-15-13-11-9-7-2/h8,10,14,16,18-19,21-22,56H,6-7,9,11-13,15,17,20,23-55H2,1-5H3/p+1/b10-8-,16-14-,19-18-,22-21-. The highest BCUT2D eigenvalue weighted by molar-refractivity contribution is 7.47. The normalized spacial score (nSPS) is 13.7. The van der Waals surface area contributed by atoms with Gasteiger partial charge in [-0.15, -0.1) is 0 Å². The minimum Gasteiger partial charge on any atom is -0.462 e. The van der Waals surface area contributed by atoms with E-state index in [1.165, 1.54) is 167 Å². The second kappa shape index (κ2) is 49.9. The predicted molar refractivity (Wildman–Crippen MR) is 289 cm³/mol. The number of nitrogens with zero attached hydrogens (tertiary/aromatic N) is 1. The number of phosphoric ester groups is 1. The fraction of sp³-hybridized carbons (Fsp3) is 0.828. The first kappa shape index (κ1) is 66.0. The molecule has 0 saturated heterocycles. The lowest BCUT2D eigenvalue weighted by Crippen LogP contribution is -2.37. The Morgan fingerprint density at radius 1 is 0.471 bits per heavy atom. The van der Waals surface area contributed by atoms with Crippen LogP contribution in [0.2, 0.25) is 0 Å². The molecule has 398 valence electrons. The first-order chi connectivity index (χ1) is 33.0. The largest absolute Gasteiger partial charge is 0.472 e. The maximum atomic E-state index is 12.8. The molecule has 0 aliphatic heterocycles. The summed E-state index contributed by atoms with van der Waals surface area (Å²) in [6.07, 6.45) is 62.1. The molecule has 10 heteroatoms. The molecule has 0 aliphatic carbocycles. The molecule has 9 nitrogen and oxygen atoms in total. The van der Waals surface area contributed by atoms with Crippen LogP contribution in [0.15, 0.2) is 48.6 Å². The molecule has 0 aliphatic rings. The van der Waals surface area contributed by atoms with E-state index in [-0.39, 0.29) is 25.6 Å². The SMILES string of the molecule is CC/C=C\C/C=C\C/C=C\C/C=C\CCCCCCCCCCCCCCCCCCCCCCCCC(=O)OC(COC(=O)CCCCCCCCCCC)COP(=O)(O)OCC[N+](C)(C)C. The lowest BCUT2D eigenvalue weighted by atomic mass is 10.0. The molecule has 68 heavy (non-hydrogen) atoms. The van der Waals surface area contributed by atoms with Crippen molar-refractivity contribution in [3.8, 4) is 0 Å². The van der Waals surface area contributed by atoms with Gasteiger partial charge in [-0.05, 0) is 51.4 Å². The third-order valence-corrected chi connectivity index (χ3v) is 13.4. The van der Waals surface area contributed by atoms with Crippen molar-refractivity contribution >= 4 is 19.8 Å². The molecule has 0 rings (SSSR count). The minimum atomic E-state index is -4.37. The number of esters is 2. The van der Waals surface area contributed by atoms with E-state index in [9.17, 15) is 19.0 Å². The van der Waals surface area contributed by atoms with E-state index in [4.69, 9.17) is 18.5 Å². The lowest BCUT2D eigenvalue weighted by molar-refractivity contribution is -0.870. The Bertz CT molecular complexity index is 1290. The summed E-state index contributed by atoms with van der Waals surface area (Å²) < 4.78 is 34.4. The van der Waals surface area contributed by atoms with Crippen LogP contribution in [0.1, 0.15) is 258 Å². The molecule has 0 radical (unpaired) electrons. The summed E-state index contributed by atoms with van der Waals surface area (Å²) in [6, 6.07) is 0. The molecule has 0 aromatic carbocycles. The van der Waals surface area contributed by atoms with Crippen molar-refractivity contribution in [2.45, 2.75) is 264 Å². The van der Waals surface area contributed by atoms with E-state index in [0.717, 1.165) is 57.8 Å². The summed E-state index contributed by atoms with van der Waals surface area (Å²) in [5, 5.41) is 0. The summed E-state index contributed by atoms with van der Waals surface area (Å²) in [5.41, 5.74) is 0. The second-order valence-electron chi connectivity index (χ2n) is 20.3. The van der Waals surface area contributed by atoms with E-state index in [2.05, 4.69) is 62.5 Å². The van der Waals surface area contributed by atoms with E-state index in [1.807, 2.05) is 21.1 Å². The number of ether oxygens (including phenoxy) is 2. The van der Waals surface area contributed by atoms with Gasteiger partial charge in [0.05, 0.1) is 27.7 Å². The average Bonchev–Trinajstić information content (AvgIpc) is 3.30. The molecule has 0 amide bonds. The zero-order chi connectivity index (χ0) is 49.9. The number of carbonyl (C=O) groups excluding carboxylic acids is 2. The summed E-state index contributed by atoms with van der Waals surface area (Å²) in [6.45, 7) is 4.32. The van der Waals surface area contributed by atoms with Crippen molar-refractivity contribution in [3.63, 3.8) is 0 Å². The highest BCUT2D eigenvalue weighted by Crippen LogP contribution is 2.43. The number of quaternary nitrogens is 1. The predicted octanol–water partition coefficient (Wildman–Crippen LogP) is 17.4. The molecule has 2 unspecified atom stereocenters. The first-order valence-electron chi connectivity index (χ1n) is 28.4. The molecular formula is C58H109NO8P+. The van der Waals surface area contributed by atoms with Gasteiger partial charge in [0.1, 0.15) is 19.8 Å². The Morgan fingerprint density at radius 3 is 1.25 bits per heavy atom. The fourth-order valence-corrected chi connectivity index (χ4v) is 8.75. The van der Waals surface area contributed by atoms with Crippen molar-refractivity contribution in [1.29, 1.82) is 0 Å². The number of phosphoric acid groups is 1. The second-order valence-corrected chi connectivity index (χ2v) is 21.8. The van der Waals surface area contributed by atoms with Crippen molar-refractivity contribution < 1.29 is 42.1 Å². The maximum absolute atomic E-state index is 12.8. The zero-order valence-electron chi connectivity index (χ0n) is 45.1. The Morgan fingerprint density at radius 2 is 0.838 bits per heavy atom. The quantitative estimate of drug-likeness (QED) is 0.0211. The summed E-state index contributed by atoms with van der Waals surface area (Å²) in [7, 11) is 1.49. The Kier molecular flexibility index (Phi) is 48.4. The van der Waals surface area contributed by atoms with Crippen LogP contribution in [0, 0.1) is 0 Å². The van der Waals surface area contributed by atoms with Crippen LogP contribution >= 0.6 is 7.82 Å². The highest BCUT2D eigenvalue weighted by Gasteiger charge is 2.27. The molecule has 2 atom stereocenters. The topological polar surface area (TPSA) is 108 Å². The summed E-state index contributed by atoms with van der Waals surface area (Å²) in [5.74, 6) is -0.790. The van der Waals surface area contributed by atoms with Gasteiger partial charge in [-0.25, -0.2) is 4.57 Å². The Labute approximate surface area is 420 Å². The number of hydrogen-bond donors (Lipinski definition) is 1. The van der Waals surface area contributed by atoms with Crippen LogP contribution < -0.4 is 0 Å². The van der Waals surface area contributed by atoms with Gasteiger partial charge in [0, 0.05) is 12.8 Å². The Balaban J connectivity index is 3.89. The van der Waals surface area contributed by atoms with Crippen LogP contribution in [-0.2, 0) is 32.7 Å². The molecule has 1 N–H and O–H groups in total. The number of rotatable bonds is 52. The van der Waals surface area contributed by atoms with Crippen LogP contribution in [0.5, 0.6) is 0 Å². The van der Waals surface area contributed by atoms with Gasteiger partial charge in [-0.1, -0.05) is 242 Å². The molecular weight excluding hydrogens is 870 g/mol. The third kappa shape index (κ3) is 53.3. The van der Waals surface area contributed by atoms with Gasteiger partial charge in [-0.2, -0.15) is 0 Å². The van der Waals surface area contributed by atoms with Gasteiger partial charge in [0.25, 0.3) is 0 Å². The molecule has 0 saturated carbocycles. The number of likely N-dealkylation sites (N-methyl/N-ethyl adjacent to an activating group) is 1. The van der Waals surface area contributed by atoms with Crippen LogP contribution in [0.25, 0.3) is 0 Å². The van der Waals surface area contributed by atoms with Crippen molar-refractivity contribution in [3.05, 3.63) is 48.6 Å². The van der Waals surface area contributed by atoms with E-state index >= 15 is 0 Å². The summed E-state index contributed by atoms with van der Waals surface area (Å²) in [4.78, 5) is 35.4. The van der Waals surface area contributed by atoms with E-state index in [1.54, 1.807) is 0 Å². The maximum Gasteiger partial charge on any atom is 0.472 e. The van der Waals surface area contributed by atoms with Gasteiger partial charge < -0.3 is 18.9 Å².